The Morgan fingerprint density at radius 2 is 1.54 bits per heavy atom. The van der Waals surface area contributed by atoms with Crippen LogP contribution in [0.3, 0.4) is 0 Å². The Bertz CT molecular complexity index is 1080. The van der Waals surface area contributed by atoms with Crippen LogP contribution in [0.4, 0.5) is 0 Å². The maximum Gasteiger partial charge on any atom is 0.243 e. The number of hydrogen-bond acceptors (Lipinski definition) is 4. The number of ether oxygens (including phenoxy) is 2. The van der Waals surface area contributed by atoms with E-state index in [1.165, 1.54) is 0 Å². The van der Waals surface area contributed by atoms with Gasteiger partial charge in [-0.2, -0.15) is 0 Å². The van der Waals surface area contributed by atoms with E-state index in [1.807, 2.05) is 85.8 Å². The Morgan fingerprint density at radius 1 is 0.857 bits per heavy atom. The minimum absolute atomic E-state index is 0.0447. The van der Waals surface area contributed by atoms with Crippen LogP contribution >= 0.6 is 0 Å². The summed E-state index contributed by atoms with van der Waals surface area (Å²) < 4.78 is 10.7. The van der Waals surface area contributed by atoms with E-state index in [4.69, 9.17) is 9.47 Å². The molecule has 0 fully saturated rings. The van der Waals surface area contributed by atoms with E-state index in [0.717, 1.165) is 22.4 Å². The lowest BCUT2D eigenvalue weighted by Crippen LogP contribution is -2.50. The van der Waals surface area contributed by atoms with Crippen LogP contribution < -0.4 is 14.8 Å². The quantitative estimate of drug-likeness (QED) is 0.411. The molecular formula is C29H34N2O4. The van der Waals surface area contributed by atoms with Crippen LogP contribution in [0.5, 0.6) is 11.5 Å². The molecule has 1 atom stereocenters. The first kappa shape index (κ1) is 25.8. The zero-order chi connectivity index (χ0) is 25.0. The van der Waals surface area contributed by atoms with Gasteiger partial charge in [0.15, 0.2) is 0 Å². The molecule has 0 aliphatic rings. The first-order chi connectivity index (χ1) is 17.0. The van der Waals surface area contributed by atoms with Gasteiger partial charge in [0.05, 0.1) is 14.2 Å². The van der Waals surface area contributed by atoms with Crippen molar-refractivity contribution in [3.63, 3.8) is 0 Å². The van der Waals surface area contributed by atoms with Crippen LogP contribution in [-0.4, -0.2) is 37.0 Å². The first-order valence-electron chi connectivity index (χ1n) is 11.9. The molecule has 0 aromatic heterocycles. The topological polar surface area (TPSA) is 67.9 Å². The van der Waals surface area contributed by atoms with Gasteiger partial charge in [-0.05, 0) is 35.7 Å². The van der Waals surface area contributed by atoms with E-state index < -0.39 is 6.04 Å². The SMILES string of the molecule is CCCC(=O)N(Cc1ccc(OC)cc1)[C@@H](Cc1ccccc1)C(=O)NCc1ccccc1OC. The fraction of sp³-hybridized carbons (Fsp3) is 0.310. The van der Waals surface area contributed by atoms with E-state index >= 15 is 0 Å². The third kappa shape index (κ3) is 7.34. The molecule has 0 aliphatic heterocycles. The second-order valence-electron chi connectivity index (χ2n) is 8.35. The molecule has 6 nitrogen and oxygen atoms in total. The van der Waals surface area contributed by atoms with Gasteiger partial charge in [-0.1, -0.05) is 67.6 Å². The number of nitrogens with one attached hydrogen (secondary N) is 1. The predicted octanol–water partition coefficient (Wildman–Crippen LogP) is 4.76. The number of nitrogens with zero attached hydrogens (tertiary/aromatic N) is 1. The van der Waals surface area contributed by atoms with Gasteiger partial charge in [0, 0.05) is 31.5 Å². The molecule has 3 aromatic rings. The largest absolute Gasteiger partial charge is 0.497 e. The van der Waals surface area contributed by atoms with E-state index in [9.17, 15) is 9.59 Å². The lowest BCUT2D eigenvalue weighted by Gasteiger charge is -2.31. The van der Waals surface area contributed by atoms with E-state index in [1.54, 1.807) is 19.1 Å². The van der Waals surface area contributed by atoms with E-state index in [0.29, 0.717) is 38.1 Å². The van der Waals surface area contributed by atoms with Gasteiger partial charge in [0.25, 0.3) is 0 Å². The summed E-state index contributed by atoms with van der Waals surface area (Å²) in [6.07, 6.45) is 1.50. The van der Waals surface area contributed by atoms with Crippen molar-refractivity contribution in [1.29, 1.82) is 0 Å². The third-order valence-electron chi connectivity index (χ3n) is 5.89. The van der Waals surface area contributed by atoms with Crippen molar-refractivity contribution >= 4 is 11.8 Å². The number of rotatable bonds is 12. The van der Waals surface area contributed by atoms with Crippen molar-refractivity contribution in [2.45, 2.75) is 45.3 Å². The Balaban J connectivity index is 1.89. The van der Waals surface area contributed by atoms with E-state index in [2.05, 4.69) is 5.32 Å². The summed E-state index contributed by atoms with van der Waals surface area (Å²) in [5, 5.41) is 3.04. The smallest absolute Gasteiger partial charge is 0.243 e. The van der Waals surface area contributed by atoms with Gasteiger partial charge >= 0.3 is 0 Å². The van der Waals surface area contributed by atoms with Crippen LogP contribution in [0, 0.1) is 0 Å². The minimum atomic E-state index is -0.659. The molecule has 2 amide bonds. The highest BCUT2D eigenvalue weighted by atomic mass is 16.5. The number of amides is 2. The van der Waals surface area contributed by atoms with Crippen LogP contribution in [0.2, 0.25) is 0 Å². The average Bonchev–Trinajstić information content (AvgIpc) is 2.90. The van der Waals surface area contributed by atoms with Crippen molar-refractivity contribution in [3.05, 3.63) is 95.6 Å². The van der Waals surface area contributed by atoms with Gasteiger partial charge in [0.2, 0.25) is 11.8 Å². The number of hydrogen-bond donors (Lipinski definition) is 1. The Kier molecular flexibility index (Phi) is 9.72. The summed E-state index contributed by atoms with van der Waals surface area (Å²) in [5.74, 6) is 1.22. The molecule has 3 rings (SSSR count). The van der Waals surface area contributed by atoms with Crippen LogP contribution in [0.25, 0.3) is 0 Å². The van der Waals surface area contributed by atoms with Crippen molar-refractivity contribution < 1.29 is 19.1 Å². The molecule has 35 heavy (non-hydrogen) atoms. The molecule has 0 heterocycles. The highest BCUT2D eigenvalue weighted by molar-refractivity contribution is 5.88. The minimum Gasteiger partial charge on any atom is -0.497 e. The third-order valence-corrected chi connectivity index (χ3v) is 5.89. The monoisotopic (exact) mass is 474 g/mol. The molecule has 0 spiro atoms. The number of benzene rings is 3. The maximum atomic E-state index is 13.6. The highest BCUT2D eigenvalue weighted by Gasteiger charge is 2.30. The van der Waals surface area contributed by atoms with Crippen molar-refractivity contribution in [3.8, 4) is 11.5 Å². The molecule has 0 unspecified atom stereocenters. The summed E-state index contributed by atoms with van der Waals surface area (Å²) in [4.78, 5) is 28.6. The number of methoxy groups -OCH3 is 2. The standard InChI is InChI=1S/C29H34N2O4/c1-4-10-28(32)31(21-23-15-17-25(34-2)18-16-23)26(19-22-11-6-5-7-12-22)29(33)30-20-24-13-8-9-14-27(24)35-3/h5-9,11-18,26H,4,10,19-21H2,1-3H3,(H,30,33)/t26-/m0/s1. The zero-order valence-electron chi connectivity index (χ0n) is 20.7. The van der Waals surface area contributed by atoms with Crippen molar-refractivity contribution in [2.75, 3.05) is 14.2 Å². The van der Waals surface area contributed by atoms with Gasteiger partial charge in [-0.25, -0.2) is 0 Å². The van der Waals surface area contributed by atoms with Crippen molar-refractivity contribution in [1.82, 2.24) is 10.2 Å². The van der Waals surface area contributed by atoms with Crippen LogP contribution in [-0.2, 0) is 29.1 Å². The van der Waals surface area contributed by atoms with Gasteiger partial charge in [0.1, 0.15) is 17.5 Å². The van der Waals surface area contributed by atoms with Crippen LogP contribution in [0.15, 0.2) is 78.9 Å². The first-order valence-corrected chi connectivity index (χ1v) is 11.9. The Labute approximate surface area is 207 Å². The van der Waals surface area contributed by atoms with E-state index in [-0.39, 0.29) is 11.8 Å². The summed E-state index contributed by atoms with van der Waals surface area (Å²) in [7, 11) is 3.23. The summed E-state index contributed by atoms with van der Waals surface area (Å²) in [6, 6.07) is 24.3. The van der Waals surface area contributed by atoms with Crippen LogP contribution in [0.1, 0.15) is 36.5 Å². The fourth-order valence-electron chi connectivity index (χ4n) is 3.99. The van der Waals surface area contributed by atoms with Crippen molar-refractivity contribution in [2.24, 2.45) is 0 Å². The molecule has 184 valence electrons. The molecule has 0 radical (unpaired) electrons. The van der Waals surface area contributed by atoms with Gasteiger partial charge in [-0.3, -0.25) is 9.59 Å². The highest BCUT2D eigenvalue weighted by Crippen LogP contribution is 2.20. The summed E-state index contributed by atoms with van der Waals surface area (Å²) in [6.45, 7) is 2.62. The predicted molar refractivity (Wildman–Crippen MR) is 137 cm³/mol. The molecule has 3 aromatic carbocycles. The maximum absolute atomic E-state index is 13.6. The average molecular weight is 475 g/mol. The number of carbonyl (C=O) groups is 2. The molecule has 0 aliphatic carbocycles. The molecular weight excluding hydrogens is 440 g/mol. The second kappa shape index (κ2) is 13.2. The Hall–Kier alpha value is -3.80. The number of para-hydroxylation sites is 1. The normalized spacial score (nSPS) is 11.4. The summed E-state index contributed by atoms with van der Waals surface area (Å²) >= 11 is 0. The Morgan fingerprint density at radius 3 is 2.20 bits per heavy atom. The zero-order valence-corrected chi connectivity index (χ0v) is 20.7. The molecule has 6 heteroatoms. The molecule has 0 bridgehead atoms. The summed E-state index contributed by atoms with van der Waals surface area (Å²) in [5.41, 5.74) is 2.81. The van der Waals surface area contributed by atoms with Gasteiger partial charge < -0.3 is 19.7 Å². The van der Waals surface area contributed by atoms with Gasteiger partial charge in [-0.15, -0.1) is 0 Å². The lowest BCUT2D eigenvalue weighted by molar-refractivity contribution is -0.141. The number of carbonyl (C=O) groups excluding carboxylic acids is 2. The second-order valence-corrected chi connectivity index (χ2v) is 8.35. The molecule has 0 saturated heterocycles. The molecule has 1 N–H and O–H groups in total. The lowest BCUT2D eigenvalue weighted by atomic mass is 10.0. The fourth-order valence-corrected chi connectivity index (χ4v) is 3.99. The molecule has 0 saturated carbocycles.